The van der Waals surface area contributed by atoms with Crippen LogP contribution in [0.2, 0.25) is 0 Å². The molecule has 0 aliphatic carbocycles. The topological polar surface area (TPSA) is 69.9 Å². The fourth-order valence-corrected chi connectivity index (χ4v) is 5.41. The standard InChI is InChI=1S/C30H25FN2O4S/c1-3-36-23-12-8-9-19(17-23)18-24-28(34)33-27(21-13-15-22(31)16-14-21)25(29(35)37-4-2)26(32-30(33)38-24)20-10-6-5-7-11-20/h5-18,27H,3-4H2,1-2H3/b24-18-/t27-/m1/s1. The summed E-state index contributed by atoms with van der Waals surface area (Å²) >= 11 is 1.23. The monoisotopic (exact) mass is 528 g/mol. The van der Waals surface area contributed by atoms with Crippen LogP contribution in [0.4, 0.5) is 4.39 Å². The second kappa shape index (κ2) is 11.0. The molecule has 0 saturated heterocycles. The number of halogens is 1. The van der Waals surface area contributed by atoms with Crippen LogP contribution in [0.15, 0.2) is 94.2 Å². The zero-order chi connectivity index (χ0) is 26.6. The fourth-order valence-electron chi connectivity index (χ4n) is 4.41. The molecule has 8 heteroatoms. The van der Waals surface area contributed by atoms with Gasteiger partial charge in [-0.05, 0) is 55.3 Å². The number of esters is 1. The predicted octanol–water partition coefficient (Wildman–Crippen LogP) is 4.47. The van der Waals surface area contributed by atoms with Crippen LogP contribution in [0.25, 0.3) is 11.8 Å². The molecule has 4 aromatic rings. The van der Waals surface area contributed by atoms with E-state index in [1.54, 1.807) is 25.1 Å². The van der Waals surface area contributed by atoms with E-state index in [1.165, 1.54) is 28.0 Å². The smallest absolute Gasteiger partial charge is 0.338 e. The Hall–Kier alpha value is -4.30. The van der Waals surface area contributed by atoms with E-state index in [1.807, 2.05) is 61.5 Å². The number of fused-ring (bicyclic) bond motifs is 1. The number of hydrogen-bond acceptors (Lipinski definition) is 6. The molecule has 3 aromatic carbocycles. The number of nitrogens with zero attached hydrogens (tertiary/aromatic N) is 2. The third-order valence-corrected chi connectivity index (χ3v) is 7.01. The minimum atomic E-state index is -0.849. The van der Waals surface area contributed by atoms with Gasteiger partial charge in [0.2, 0.25) is 0 Å². The average Bonchev–Trinajstić information content (AvgIpc) is 3.23. The summed E-state index contributed by atoms with van der Waals surface area (Å²) in [7, 11) is 0. The van der Waals surface area contributed by atoms with Crippen molar-refractivity contribution < 1.29 is 18.7 Å². The zero-order valence-corrected chi connectivity index (χ0v) is 21.7. The van der Waals surface area contributed by atoms with Crippen molar-refractivity contribution in [3.8, 4) is 5.75 Å². The first-order valence-corrected chi connectivity index (χ1v) is 13.1. The van der Waals surface area contributed by atoms with Crippen molar-refractivity contribution in [3.63, 3.8) is 0 Å². The number of benzene rings is 3. The number of aromatic nitrogens is 1. The molecule has 0 bridgehead atoms. The Morgan fingerprint density at radius 1 is 1.03 bits per heavy atom. The van der Waals surface area contributed by atoms with Gasteiger partial charge in [-0.15, -0.1) is 0 Å². The maximum Gasteiger partial charge on any atom is 0.338 e. The highest BCUT2D eigenvalue weighted by Crippen LogP contribution is 2.35. The van der Waals surface area contributed by atoms with Crippen molar-refractivity contribution in [2.24, 2.45) is 4.99 Å². The van der Waals surface area contributed by atoms with E-state index >= 15 is 0 Å². The largest absolute Gasteiger partial charge is 0.494 e. The highest BCUT2D eigenvalue weighted by atomic mass is 32.1. The van der Waals surface area contributed by atoms with Crippen molar-refractivity contribution in [1.82, 2.24) is 4.57 Å². The van der Waals surface area contributed by atoms with E-state index in [4.69, 9.17) is 14.5 Å². The van der Waals surface area contributed by atoms with Crippen LogP contribution in [0.5, 0.6) is 5.75 Å². The molecule has 1 aliphatic heterocycles. The second-order valence-electron chi connectivity index (χ2n) is 8.49. The lowest BCUT2D eigenvalue weighted by Gasteiger charge is -2.25. The molecule has 6 nitrogen and oxygen atoms in total. The highest BCUT2D eigenvalue weighted by molar-refractivity contribution is 7.07. The third kappa shape index (κ3) is 4.95. The van der Waals surface area contributed by atoms with Crippen molar-refractivity contribution in [2.75, 3.05) is 13.2 Å². The zero-order valence-electron chi connectivity index (χ0n) is 20.9. The lowest BCUT2D eigenvalue weighted by molar-refractivity contribution is -0.138. The summed E-state index contributed by atoms with van der Waals surface area (Å²) in [5.74, 6) is -0.294. The SMILES string of the molecule is CCOC(=O)C1=C(c2ccccc2)N=c2s/c(=C\c3cccc(OCC)c3)c(=O)n2[C@@H]1c1ccc(F)cc1. The van der Waals surface area contributed by atoms with Gasteiger partial charge in [0.05, 0.1) is 35.1 Å². The maximum atomic E-state index is 13.9. The van der Waals surface area contributed by atoms with Gasteiger partial charge in [0, 0.05) is 5.56 Å². The number of carbonyl (C=O) groups is 1. The molecule has 0 amide bonds. The van der Waals surface area contributed by atoms with E-state index in [-0.39, 0.29) is 17.7 Å². The number of carbonyl (C=O) groups excluding carboxylic acids is 1. The van der Waals surface area contributed by atoms with Gasteiger partial charge >= 0.3 is 5.97 Å². The molecule has 1 aromatic heterocycles. The van der Waals surface area contributed by atoms with E-state index in [0.717, 1.165) is 5.56 Å². The molecule has 0 N–H and O–H groups in total. The van der Waals surface area contributed by atoms with Gasteiger partial charge in [-0.25, -0.2) is 14.2 Å². The first-order valence-electron chi connectivity index (χ1n) is 12.3. The molecule has 1 atom stereocenters. The Balaban J connectivity index is 1.79. The molecule has 38 heavy (non-hydrogen) atoms. The number of ether oxygens (including phenoxy) is 2. The molecule has 0 radical (unpaired) electrons. The summed E-state index contributed by atoms with van der Waals surface area (Å²) in [5, 5.41) is 0. The fraction of sp³-hybridized carbons (Fsp3) is 0.167. The van der Waals surface area contributed by atoms with Gasteiger partial charge < -0.3 is 9.47 Å². The third-order valence-electron chi connectivity index (χ3n) is 6.03. The number of thiazole rings is 1. The summed E-state index contributed by atoms with van der Waals surface area (Å²) in [4.78, 5) is 32.5. The van der Waals surface area contributed by atoms with Gasteiger partial charge in [-0.3, -0.25) is 9.36 Å². The molecule has 2 heterocycles. The van der Waals surface area contributed by atoms with E-state index in [2.05, 4.69) is 0 Å². The van der Waals surface area contributed by atoms with E-state index in [0.29, 0.717) is 38.5 Å². The van der Waals surface area contributed by atoms with Gasteiger partial charge in [0.15, 0.2) is 4.80 Å². The molecule has 0 saturated carbocycles. The van der Waals surface area contributed by atoms with Crippen LogP contribution in [-0.2, 0) is 9.53 Å². The summed E-state index contributed by atoms with van der Waals surface area (Å²) < 4.78 is 26.9. The minimum Gasteiger partial charge on any atom is -0.494 e. The Kier molecular flexibility index (Phi) is 7.33. The summed E-state index contributed by atoms with van der Waals surface area (Å²) in [5.41, 5.74) is 2.42. The number of rotatable bonds is 7. The van der Waals surface area contributed by atoms with Crippen LogP contribution in [0.1, 0.15) is 36.6 Å². The Bertz CT molecular complexity index is 1690. The first-order chi connectivity index (χ1) is 18.5. The van der Waals surface area contributed by atoms with Crippen LogP contribution in [0, 0.1) is 5.82 Å². The molecule has 1 aliphatic rings. The average molecular weight is 529 g/mol. The molecule has 0 fully saturated rings. The van der Waals surface area contributed by atoms with Gasteiger partial charge in [-0.1, -0.05) is 65.9 Å². The van der Waals surface area contributed by atoms with Crippen molar-refractivity contribution in [3.05, 3.63) is 127 Å². The quantitative estimate of drug-likeness (QED) is 0.332. The van der Waals surface area contributed by atoms with Gasteiger partial charge in [0.1, 0.15) is 11.6 Å². The summed E-state index contributed by atoms with van der Waals surface area (Å²) in [6.07, 6.45) is 1.78. The van der Waals surface area contributed by atoms with Crippen LogP contribution in [0.3, 0.4) is 0 Å². The number of hydrogen-bond donors (Lipinski definition) is 0. The maximum absolute atomic E-state index is 13.9. The predicted molar refractivity (Wildman–Crippen MR) is 145 cm³/mol. The van der Waals surface area contributed by atoms with Crippen LogP contribution in [-0.4, -0.2) is 23.8 Å². The van der Waals surface area contributed by atoms with Crippen LogP contribution >= 0.6 is 11.3 Å². The Morgan fingerprint density at radius 2 is 1.79 bits per heavy atom. The highest BCUT2D eigenvalue weighted by Gasteiger charge is 2.35. The molecule has 192 valence electrons. The van der Waals surface area contributed by atoms with Gasteiger partial charge in [0.25, 0.3) is 5.56 Å². The lowest BCUT2D eigenvalue weighted by Crippen LogP contribution is -2.40. The Labute approximate surface area is 222 Å². The summed E-state index contributed by atoms with van der Waals surface area (Å²) in [6, 6.07) is 21.7. The summed E-state index contributed by atoms with van der Waals surface area (Å²) in [6.45, 7) is 4.31. The molecule has 5 rings (SSSR count). The first kappa shape index (κ1) is 25.4. The van der Waals surface area contributed by atoms with Crippen LogP contribution < -0.4 is 19.6 Å². The Morgan fingerprint density at radius 3 is 2.50 bits per heavy atom. The minimum absolute atomic E-state index is 0.154. The van der Waals surface area contributed by atoms with Crippen molar-refractivity contribution >= 4 is 29.1 Å². The van der Waals surface area contributed by atoms with E-state index < -0.39 is 17.8 Å². The normalized spacial score (nSPS) is 15.1. The van der Waals surface area contributed by atoms with Crippen molar-refractivity contribution in [2.45, 2.75) is 19.9 Å². The molecule has 0 spiro atoms. The molecular formula is C30H25FN2O4S. The molecule has 0 unspecified atom stereocenters. The van der Waals surface area contributed by atoms with E-state index in [9.17, 15) is 14.0 Å². The molecular weight excluding hydrogens is 503 g/mol. The second-order valence-corrected chi connectivity index (χ2v) is 9.50. The van der Waals surface area contributed by atoms with Crippen molar-refractivity contribution in [1.29, 1.82) is 0 Å². The van der Waals surface area contributed by atoms with Gasteiger partial charge in [-0.2, -0.15) is 0 Å². The lowest BCUT2D eigenvalue weighted by atomic mass is 9.93.